The maximum Gasteiger partial charge on any atom is 0.235 e. The van der Waals surface area contributed by atoms with Crippen LogP contribution < -0.4 is 10.6 Å². The molecule has 1 amide bonds. The number of halogens is 1. The van der Waals surface area contributed by atoms with E-state index in [1.807, 2.05) is 20.9 Å². The molecule has 0 radical (unpaired) electrons. The van der Waals surface area contributed by atoms with Crippen molar-refractivity contribution in [3.05, 3.63) is 0 Å². The van der Waals surface area contributed by atoms with Crippen LogP contribution in [0.5, 0.6) is 0 Å². The molecule has 104 valence electrons. The number of hydrogen-bond donors (Lipinski definition) is 2. The number of amides is 1. The average Bonchev–Trinajstić information content (AvgIpc) is 2.09. The Balaban J connectivity index is 0. The van der Waals surface area contributed by atoms with Gasteiger partial charge in [0.05, 0.1) is 5.75 Å². The van der Waals surface area contributed by atoms with Crippen LogP contribution >= 0.6 is 12.4 Å². The summed E-state index contributed by atoms with van der Waals surface area (Å²) in [6, 6.07) is 0. The normalized spacial score (nSPS) is 11.1. The lowest BCUT2D eigenvalue weighted by Gasteiger charge is -2.07. The topological polar surface area (TPSA) is 75.3 Å². The van der Waals surface area contributed by atoms with Gasteiger partial charge in [-0.15, -0.1) is 12.4 Å². The highest BCUT2D eigenvalue weighted by Crippen LogP contribution is 2.00. The SMILES string of the molecule is CNCCCNC(=O)CS(=O)(=O)CC(C)C.Cl. The van der Waals surface area contributed by atoms with Gasteiger partial charge in [-0.25, -0.2) is 8.42 Å². The third-order valence-corrected chi connectivity index (χ3v) is 3.74. The first-order chi connectivity index (χ1) is 7.37. The fourth-order valence-corrected chi connectivity index (χ4v) is 2.95. The van der Waals surface area contributed by atoms with Crippen molar-refractivity contribution in [2.24, 2.45) is 5.92 Å². The van der Waals surface area contributed by atoms with Crippen molar-refractivity contribution in [1.82, 2.24) is 10.6 Å². The van der Waals surface area contributed by atoms with E-state index in [2.05, 4.69) is 10.6 Å². The highest BCUT2D eigenvalue weighted by molar-refractivity contribution is 7.92. The van der Waals surface area contributed by atoms with Crippen LogP contribution in [0.3, 0.4) is 0 Å². The van der Waals surface area contributed by atoms with Crippen molar-refractivity contribution in [3.63, 3.8) is 0 Å². The third kappa shape index (κ3) is 11.9. The maximum atomic E-state index is 11.5. The van der Waals surface area contributed by atoms with Gasteiger partial charge in [0, 0.05) is 6.54 Å². The molecule has 0 aliphatic rings. The standard InChI is InChI=1S/C10H22N2O3S.ClH/c1-9(2)7-16(14,15)8-10(13)12-6-4-5-11-3;/h9,11H,4-8H2,1-3H3,(H,12,13);1H. The summed E-state index contributed by atoms with van der Waals surface area (Å²) in [6.07, 6.45) is 0.798. The lowest BCUT2D eigenvalue weighted by Crippen LogP contribution is -2.33. The van der Waals surface area contributed by atoms with Crippen molar-refractivity contribution in [2.45, 2.75) is 20.3 Å². The number of nitrogens with one attached hydrogen (secondary N) is 2. The van der Waals surface area contributed by atoms with E-state index < -0.39 is 21.5 Å². The summed E-state index contributed by atoms with van der Waals surface area (Å²) in [4.78, 5) is 11.3. The fourth-order valence-electron chi connectivity index (χ4n) is 1.31. The molecule has 17 heavy (non-hydrogen) atoms. The van der Waals surface area contributed by atoms with Gasteiger partial charge < -0.3 is 10.6 Å². The van der Waals surface area contributed by atoms with Gasteiger partial charge in [-0.2, -0.15) is 0 Å². The second kappa shape index (κ2) is 9.67. The fraction of sp³-hybridized carbons (Fsp3) is 0.900. The summed E-state index contributed by atoms with van der Waals surface area (Å²) in [6.45, 7) is 4.96. The Morgan fingerprint density at radius 3 is 2.29 bits per heavy atom. The third-order valence-electron chi connectivity index (χ3n) is 1.86. The Labute approximate surface area is 110 Å². The Morgan fingerprint density at radius 1 is 1.24 bits per heavy atom. The molecule has 7 heteroatoms. The van der Waals surface area contributed by atoms with Gasteiger partial charge in [-0.3, -0.25) is 4.79 Å². The van der Waals surface area contributed by atoms with E-state index in [1.165, 1.54) is 0 Å². The Morgan fingerprint density at radius 2 is 1.82 bits per heavy atom. The van der Waals surface area contributed by atoms with E-state index in [9.17, 15) is 13.2 Å². The van der Waals surface area contributed by atoms with Gasteiger partial charge in [0.15, 0.2) is 9.84 Å². The number of carbonyl (C=O) groups excluding carboxylic acids is 1. The molecule has 0 saturated heterocycles. The molecule has 2 N–H and O–H groups in total. The van der Waals surface area contributed by atoms with E-state index in [0.29, 0.717) is 6.54 Å². The Bertz CT molecular complexity index is 305. The van der Waals surface area contributed by atoms with Crippen LogP contribution in [0.4, 0.5) is 0 Å². The average molecular weight is 287 g/mol. The molecule has 0 atom stereocenters. The summed E-state index contributed by atoms with van der Waals surface area (Å²) in [5, 5.41) is 5.53. The number of sulfone groups is 1. The minimum atomic E-state index is -3.25. The highest BCUT2D eigenvalue weighted by atomic mass is 35.5. The van der Waals surface area contributed by atoms with E-state index in [4.69, 9.17) is 0 Å². The minimum Gasteiger partial charge on any atom is -0.355 e. The van der Waals surface area contributed by atoms with Crippen molar-refractivity contribution >= 4 is 28.2 Å². The summed E-state index contributed by atoms with van der Waals surface area (Å²) in [5.74, 6) is -0.680. The van der Waals surface area contributed by atoms with E-state index in [0.717, 1.165) is 13.0 Å². The predicted molar refractivity (Wildman–Crippen MR) is 72.3 cm³/mol. The zero-order valence-corrected chi connectivity index (χ0v) is 12.3. The van der Waals surface area contributed by atoms with Gasteiger partial charge in [-0.05, 0) is 25.9 Å². The molecule has 0 rings (SSSR count). The number of carbonyl (C=O) groups is 1. The molecule has 0 unspecified atom stereocenters. The van der Waals surface area contributed by atoms with Crippen molar-refractivity contribution < 1.29 is 13.2 Å². The molecule has 0 saturated carbocycles. The van der Waals surface area contributed by atoms with E-state index >= 15 is 0 Å². The molecule has 0 aromatic rings. The van der Waals surface area contributed by atoms with Gasteiger partial charge >= 0.3 is 0 Å². The van der Waals surface area contributed by atoms with Crippen molar-refractivity contribution in [2.75, 3.05) is 31.6 Å². The Kier molecular flexibility index (Phi) is 10.8. The van der Waals surface area contributed by atoms with Gasteiger partial charge in [-0.1, -0.05) is 13.8 Å². The van der Waals surface area contributed by atoms with Crippen LogP contribution in [0.1, 0.15) is 20.3 Å². The monoisotopic (exact) mass is 286 g/mol. The van der Waals surface area contributed by atoms with Gasteiger partial charge in [0.2, 0.25) is 5.91 Å². The quantitative estimate of drug-likeness (QED) is 0.625. The van der Waals surface area contributed by atoms with Gasteiger partial charge in [0.1, 0.15) is 5.75 Å². The van der Waals surface area contributed by atoms with Crippen LogP contribution in [0, 0.1) is 5.92 Å². The zero-order valence-electron chi connectivity index (χ0n) is 10.7. The molecule has 0 aromatic heterocycles. The van der Waals surface area contributed by atoms with Crippen LogP contribution in [0.25, 0.3) is 0 Å². The van der Waals surface area contributed by atoms with E-state index in [1.54, 1.807) is 0 Å². The molecule has 0 spiro atoms. The van der Waals surface area contributed by atoms with Crippen LogP contribution in [-0.4, -0.2) is 46.0 Å². The molecule has 0 aliphatic heterocycles. The maximum absolute atomic E-state index is 11.5. The molecule has 0 fully saturated rings. The van der Waals surface area contributed by atoms with Crippen LogP contribution in [0.15, 0.2) is 0 Å². The largest absolute Gasteiger partial charge is 0.355 e. The summed E-state index contributed by atoms with van der Waals surface area (Å²) < 4.78 is 22.9. The first kappa shape index (κ1) is 19.0. The van der Waals surface area contributed by atoms with Gasteiger partial charge in [0.25, 0.3) is 0 Å². The molecule has 5 nitrogen and oxygen atoms in total. The Hall–Kier alpha value is -0.330. The second-order valence-corrected chi connectivity index (χ2v) is 6.36. The first-order valence-electron chi connectivity index (χ1n) is 5.49. The molecule has 0 heterocycles. The van der Waals surface area contributed by atoms with E-state index in [-0.39, 0.29) is 24.1 Å². The van der Waals surface area contributed by atoms with Crippen molar-refractivity contribution in [1.29, 1.82) is 0 Å². The smallest absolute Gasteiger partial charge is 0.235 e. The molecule has 0 bridgehead atoms. The summed E-state index contributed by atoms with van der Waals surface area (Å²) in [5.41, 5.74) is 0. The zero-order chi connectivity index (χ0) is 12.6. The number of rotatable bonds is 8. The highest BCUT2D eigenvalue weighted by Gasteiger charge is 2.17. The minimum absolute atomic E-state index is 0. The van der Waals surface area contributed by atoms with Crippen LogP contribution in [0.2, 0.25) is 0 Å². The predicted octanol–water partition coefficient (Wildman–Crippen LogP) is 0.205. The molecular formula is C10H23ClN2O3S. The molecule has 0 aromatic carbocycles. The lowest BCUT2D eigenvalue weighted by molar-refractivity contribution is -0.118. The van der Waals surface area contributed by atoms with Crippen molar-refractivity contribution in [3.8, 4) is 0 Å². The second-order valence-electron chi connectivity index (χ2n) is 4.26. The first-order valence-corrected chi connectivity index (χ1v) is 7.31. The molecule has 0 aliphatic carbocycles. The molecular weight excluding hydrogens is 264 g/mol. The summed E-state index contributed by atoms with van der Waals surface area (Å²) in [7, 11) is -1.42. The lowest BCUT2D eigenvalue weighted by atomic mass is 10.3. The summed E-state index contributed by atoms with van der Waals surface area (Å²) >= 11 is 0. The van der Waals surface area contributed by atoms with Crippen LogP contribution in [-0.2, 0) is 14.6 Å². The number of hydrogen-bond acceptors (Lipinski definition) is 4.